The van der Waals surface area contributed by atoms with Gasteiger partial charge in [-0.2, -0.15) is 0 Å². The van der Waals surface area contributed by atoms with Crippen molar-refractivity contribution >= 4 is 16.9 Å². The van der Waals surface area contributed by atoms with E-state index in [0.717, 1.165) is 49.4 Å². The average molecular weight is 463 g/mol. The fourth-order valence-corrected chi connectivity index (χ4v) is 4.93. The molecule has 2 aliphatic rings. The molecule has 3 heterocycles. The Labute approximate surface area is 198 Å². The number of ether oxygens (including phenoxy) is 2. The average Bonchev–Trinajstić information content (AvgIpc) is 3.32. The Bertz CT molecular complexity index is 1270. The number of piperazine rings is 1. The van der Waals surface area contributed by atoms with Crippen LogP contribution in [0.1, 0.15) is 28.7 Å². The van der Waals surface area contributed by atoms with Gasteiger partial charge in [-0.05, 0) is 48.2 Å². The molecule has 0 N–H and O–H groups in total. The molecule has 178 valence electrons. The summed E-state index contributed by atoms with van der Waals surface area (Å²) in [5.41, 5.74) is 4.15. The highest BCUT2D eigenvalue weighted by molar-refractivity contribution is 5.82. The van der Waals surface area contributed by atoms with Crippen molar-refractivity contribution in [3.05, 3.63) is 69.1 Å². The van der Waals surface area contributed by atoms with Crippen molar-refractivity contribution < 1.29 is 18.7 Å². The van der Waals surface area contributed by atoms with Crippen LogP contribution in [0.5, 0.6) is 11.5 Å². The number of benzene rings is 2. The van der Waals surface area contributed by atoms with Crippen LogP contribution in [0.15, 0.2) is 45.6 Å². The molecule has 2 aromatic carbocycles. The summed E-state index contributed by atoms with van der Waals surface area (Å²) in [4.78, 5) is 29.8. The van der Waals surface area contributed by atoms with Gasteiger partial charge >= 0.3 is 5.63 Å². The molecule has 0 unspecified atom stereocenters. The predicted octanol–water partition coefficient (Wildman–Crippen LogP) is 3.32. The van der Waals surface area contributed by atoms with Gasteiger partial charge in [0.1, 0.15) is 17.1 Å². The predicted molar refractivity (Wildman–Crippen MR) is 130 cm³/mol. The summed E-state index contributed by atoms with van der Waals surface area (Å²) in [6, 6.07) is 11.9. The second-order valence-corrected chi connectivity index (χ2v) is 9.05. The molecule has 0 radical (unpaired) electrons. The first kappa shape index (κ1) is 22.5. The molecule has 0 saturated carbocycles. The summed E-state index contributed by atoms with van der Waals surface area (Å²) in [5.74, 6) is 1.74. The molecule has 3 aromatic rings. The molecule has 7 nitrogen and oxygen atoms in total. The number of carbonyl (C=O) groups excluding carboxylic acids is 1. The van der Waals surface area contributed by atoms with Gasteiger partial charge in [-0.25, -0.2) is 4.79 Å². The quantitative estimate of drug-likeness (QED) is 0.524. The van der Waals surface area contributed by atoms with Crippen LogP contribution in [0.2, 0.25) is 0 Å². The number of rotatable bonds is 6. The summed E-state index contributed by atoms with van der Waals surface area (Å²) in [5, 5.41) is 0.870. The van der Waals surface area contributed by atoms with Gasteiger partial charge in [-0.1, -0.05) is 12.1 Å². The van der Waals surface area contributed by atoms with E-state index >= 15 is 0 Å². The largest absolute Gasteiger partial charge is 0.497 e. The molecule has 0 spiro atoms. The molecule has 1 saturated heterocycles. The van der Waals surface area contributed by atoms with Crippen LogP contribution in [0.3, 0.4) is 0 Å². The standard InChI is InChI=1S/C27H30N2O5/c1-18-22-5-4-21(32-2)16-25(22)34-27(31)23(18)6-8-26(30)29-12-10-28(11-13-29)17-19-3-7-24-20(15-19)9-14-33-24/h3-5,7,15-16H,6,8-14,17H2,1-2H3. The van der Waals surface area contributed by atoms with Crippen molar-refractivity contribution in [2.75, 3.05) is 39.9 Å². The zero-order chi connectivity index (χ0) is 23.7. The molecule has 5 rings (SSSR count). The first-order valence-corrected chi connectivity index (χ1v) is 11.9. The Kier molecular flexibility index (Phi) is 6.28. The zero-order valence-electron chi connectivity index (χ0n) is 19.8. The summed E-state index contributed by atoms with van der Waals surface area (Å²) in [6.07, 6.45) is 1.67. The summed E-state index contributed by atoms with van der Waals surface area (Å²) >= 11 is 0. The minimum absolute atomic E-state index is 0.0861. The highest BCUT2D eigenvalue weighted by atomic mass is 16.5. The Hall–Kier alpha value is -3.32. The van der Waals surface area contributed by atoms with Crippen LogP contribution in [-0.2, 0) is 24.2 Å². The third-order valence-electron chi connectivity index (χ3n) is 6.97. The van der Waals surface area contributed by atoms with Crippen LogP contribution < -0.4 is 15.1 Å². The molecule has 1 fully saturated rings. The minimum atomic E-state index is -0.379. The van der Waals surface area contributed by atoms with Crippen LogP contribution in [0, 0.1) is 6.92 Å². The van der Waals surface area contributed by atoms with Crippen molar-refractivity contribution in [3.8, 4) is 11.5 Å². The number of amides is 1. The van der Waals surface area contributed by atoms with Gasteiger partial charge in [-0.15, -0.1) is 0 Å². The van der Waals surface area contributed by atoms with E-state index < -0.39 is 0 Å². The lowest BCUT2D eigenvalue weighted by Gasteiger charge is -2.35. The Balaban J connectivity index is 1.17. The van der Waals surface area contributed by atoms with Gasteiger partial charge in [0.2, 0.25) is 5.91 Å². The molecule has 0 bridgehead atoms. The number of hydrogen-bond acceptors (Lipinski definition) is 6. The van der Waals surface area contributed by atoms with E-state index in [2.05, 4.69) is 23.1 Å². The number of aryl methyl sites for hydroxylation is 1. The van der Waals surface area contributed by atoms with E-state index in [4.69, 9.17) is 13.9 Å². The molecular formula is C27H30N2O5. The van der Waals surface area contributed by atoms with Crippen molar-refractivity contribution in [2.24, 2.45) is 0 Å². The molecule has 1 amide bonds. The van der Waals surface area contributed by atoms with E-state index in [1.165, 1.54) is 11.1 Å². The highest BCUT2D eigenvalue weighted by Crippen LogP contribution is 2.27. The lowest BCUT2D eigenvalue weighted by molar-refractivity contribution is -0.133. The molecule has 7 heteroatoms. The maximum Gasteiger partial charge on any atom is 0.339 e. The SMILES string of the molecule is COc1ccc2c(C)c(CCC(=O)N3CCN(Cc4ccc5c(c4)CCO5)CC3)c(=O)oc2c1. The van der Waals surface area contributed by atoms with Gasteiger partial charge in [0.15, 0.2) is 0 Å². The minimum Gasteiger partial charge on any atom is -0.497 e. The van der Waals surface area contributed by atoms with E-state index in [-0.39, 0.29) is 11.5 Å². The highest BCUT2D eigenvalue weighted by Gasteiger charge is 2.23. The van der Waals surface area contributed by atoms with Gasteiger partial charge in [-0.3, -0.25) is 9.69 Å². The Morgan fingerprint density at radius 1 is 1.09 bits per heavy atom. The maximum absolute atomic E-state index is 12.9. The number of carbonyl (C=O) groups is 1. The molecule has 1 aromatic heterocycles. The zero-order valence-corrected chi connectivity index (χ0v) is 19.8. The lowest BCUT2D eigenvalue weighted by atomic mass is 10.0. The molecular weight excluding hydrogens is 432 g/mol. The Morgan fingerprint density at radius 2 is 1.91 bits per heavy atom. The van der Waals surface area contributed by atoms with Gasteiger partial charge in [0, 0.05) is 62.6 Å². The van der Waals surface area contributed by atoms with E-state index in [1.54, 1.807) is 13.2 Å². The first-order valence-electron chi connectivity index (χ1n) is 11.9. The number of fused-ring (bicyclic) bond motifs is 2. The van der Waals surface area contributed by atoms with Crippen molar-refractivity contribution in [1.29, 1.82) is 0 Å². The van der Waals surface area contributed by atoms with Gasteiger partial charge in [0.25, 0.3) is 0 Å². The van der Waals surface area contributed by atoms with Gasteiger partial charge < -0.3 is 18.8 Å². The fraction of sp³-hybridized carbons (Fsp3) is 0.407. The third kappa shape index (κ3) is 4.53. The van der Waals surface area contributed by atoms with Crippen LogP contribution >= 0.6 is 0 Å². The monoisotopic (exact) mass is 462 g/mol. The van der Waals surface area contributed by atoms with Crippen LogP contribution in [0.4, 0.5) is 0 Å². The number of methoxy groups -OCH3 is 1. The third-order valence-corrected chi connectivity index (χ3v) is 6.97. The molecule has 34 heavy (non-hydrogen) atoms. The fourth-order valence-electron chi connectivity index (χ4n) is 4.93. The first-order chi connectivity index (χ1) is 16.5. The van der Waals surface area contributed by atoms with E-state index in [9.17, 15) is 9.59 Å². The van der Waals surface area contributed by atoms with Gasteiger partial charge in [0.05, 0.1) is 13.7 Å². The molecule has 2 aliphatic heterocycles. The number of nitrogens with zero attached hydrogens (tertiary/aromatic N) is 2. The second-order valence-electron chi connectivity index (χ2n) is 9.05. The van der Waals surface area contributed by atoms with Crippen LogP contribution in [0.25, 0.3) is 11.0 Å². The lowest BCUT2D eigenvalue weighted by Crippen LogP contribution is -2.48. The topological polar surface area (TPSA) is 72.2 Å². The second kappa shape index (κ2) is 9.50. The van der Waals surface area contributed by atoms with E-state index in [0.29, 0.717) is 42.8 Å². The summed E-state index contributed by atoms with van der Waals surface area (Å²) in [7, 11) is 1.58. The van der Waals surface area contributed by atoms with Crippen molar-refractivity contribution in [2.45, 2.75) is 32.7 Å². The summed E-state index contributed by atoms with van der Waals surface area (Å²) in [6.45, 7) is 6.67. The summed E-state index contributed by atoms with van der Waals surface area (Å²) < 4.78 is 16.3. The van der Waals surface area contributed by atoms with Crippen molar-refractivity contribution in [1.82, 2.24) is 9.80 Å². The van der Waals surface area contributed by atoms with E-state index in [1.807, 2.05) is 24.0 Å². The van der Waals surface area contributed by atoms with Crippen LogP contribution in [-0.4, -0.2) is 55.6 Å². The maximum atomic E-state index is 12.9. The molecule has 0 aliphatic carbocycles. The van der Waals surface area contributed by atoms with Crippen molar-refractivity contribution in [3.63, 3.8) is 0 Å². The molecule has 0 atom stereocenters. The normalized spacial score (nSPS) is 15.9. The smallest absolute Gasteiger partial charge is 0.339 e. The number of hydrogen-bond donors (Lipinski definition) is 0. The Morgan fingerprint density at radius 3 is 2.71 bits per heavy atom.